The first-order chi connectivity index (χ1) is 16.1. The number of likely N-dealkylation sites (tertiary alicyclic amines) is 1. The minimum atomic E-state index is -4.42. The van der Waals surface area contributed by atoms with E-state index in [9.17, 15) is 22.8 Å². The average Bonchev–Trinajstić information content (AvgIpc) is 3.15. The van der Waals surface area contributed by atoms with E-state index < -0.39 is 24.7 Å². The van der Waals surface area contributed by atoms with E-state index in [2.05, 4.69) is 25.6 Å². The number of H-pyrrole nitrogens is 1. The summed E-state index contributed by atoms with van der Waals surface area (Å²) >= 11 is 0. The van der Waals surface area contributed by atoms with Gasteiger partial charge in [-0.05, 0) is 24.5 Å². The fourth-order valence-electron chi connectivity index (χ4n) is 3.79. The number of amides is 2. The van der Waals surface area contributed by atoms with Crippen LogP contribution in [0.15, 0.2) is 36.9 Å². The molecule has 3 aromatic rings. The Morgan fingerprint density at radius 1 is 1.18 bits per heavy atom. The Morgan fingerprint density at radius 2 is 1.94 bits per heavy atom. The first kappa shape index (κ1) is 23.7. The minimum Gasteiger partial charge on any atom is -0.346 e. The number of carbonyl (C=O) groups excluding carboxylic acids is 2. The number of nitrogens with one attached hydrogen (secondary N) is 3. The van der Waals surface area contributed by atoms with Crippen LogP contribution in [0.5, 0.6) is 0 Å². The summed E-state index contributed by atoms with van der Waals surface area (Å²) in [6, 6.07) is 2.42. The van der Waals surface area contributed by atoms with Gasteiger partial charge in [0.15, 0.2) is 0 Å². The van der Waals surface area contributed by atoms with Crippen molar-refractivity contribution in [3.8, 4) is 11.1 Å². The van der Waals surface area contributed by atoms with Crippen LogP contribution in [-0.4, -0.2) is 63.5 Å². The lowest BCUT2D eigenvalue weighted by Crippen LogP contribution is -2.47. The van der Waals surface area contributed by atoms with Gasteiger partial charge < -0.3 is 15.2 Å². The third-order valence-corrected chi connectivity index (χ3v) is 5.71. The molecule has 8 nitrogen and oxygen atoms in total. The molecular weight excluding hydrogens is 449 g/mol. The van der Waals surface area contributed by atoms with Gasteiger partial charge in [-0.15, -0.1) is 0 Å². The molecule has 1 atom stereocenters. The van der Waals surface area contributed by atoms with Gasteiger partial charge in [-0.25, -0.2) is 4.98 Å². The van der Waals surface area contributed by atoms with Gasteiger partial charge in [-0.2, -0.15) is 13.2 Å². The number of pyridine rings is 2. The van der Waals surface area contributed by atoms with Crippen molar-refractivity contribution in [1.29, 1.82) is 0 Å². The molecule has 1 aliphatic rings. The fraction of sp³-hybridized carbons (Fsp3) is 0.391. The van der Waals surface area contributed by atoms with Crippen LogP contribution in [0.2, 0.25) is 0 Å². The normalized spacial score (nSPS) is 14.8. The SMILES string of the molecule is CC(C)[C@@H](NCC(F)(F)F)C(=O)Nc1cncc(-c2c[nH]c3ncc(C(=O)N4CCC4)cc23)c1. The second kappa shape index (κ2) is 9.41. The van der Waals surface area contributed by atoms with Crippen molar-refractivity contribution in [2.45, 2.75) is 32.5 Å². The van der Waals surface area contributed by atoms with Gasteiger partial charge in [-0.3, -0.25) is 19.9 Å². The van der Waals surface area contributed by atoms with Gasteiger partial charge in [0.05, 0.1) is 30.0 Å². The highest BCUT2D eigenvalue weighted by atomic mass is 19.4. The number of carbonyl (C=O) groups is 2. The van der Waals surface area contributed by atoms with Crippen molar-refractivity contribution in [1.82, 2.24) is 25.2 Å². The summed E-state index contributed by atoms with van der Waals surface area (Å²) in [5, 5.41) is 5.65. The van der Waals surface area contributed by atoms with Crippen LogP contribution in [0.25, 0.3) is 22.2 Å². The fourth-order valence-corrected chi connectivity index (χ4v) is 3.79. The van der Waals surface area contributed by atoms with Crippen LogP contribution in [0.4, 0.5) is 18.9 Å². The van der Waals surface area contributed by atoms with Crippen LogP contribution in [0, 0.1) is 5.92 Å². The van der Waals surface area contributed by atoms with Gasteiger partial charge in [0.2, 0.25) is 5.91 Å². The average molecular weight is 474 g/mol. The zero-order valence-corrected chi connectivity index (χ0v) is 18.7. The molecule has 4 rings (SSSR count). The van der Waals surface area contributed by atoms with Crippen molar-refractivity contribution in [3.63, 3.8) is 0 Å². The Bertz CT molecular complexity index is 1200. The maximum Gasteiger partial charge on any atom is 0.401 e. The molecule has 0 aliphatic carbocycles. The number of nitrogens with zero attached hydrogens (tertiary/aromatic N) is 3. The van der Waals surface area contributed by atoms with E-state index >= 15 is 0 Å². The van der Waals surface area contributed by atoms with E-state index in [4.69, 9.17) is 0 Å². The zero-order chi connectivity index (χ0) is 24.5. The number of hydrogen-bond donors (Lipinski definition) is 3. The summed E-state index contributed by atoms with van der Waals surface area (Å²) in [6.45, 7) is 3.54. The second-order valence-electron chi connectivity index (χ2n) is 8.64. The van der Waals surface area contributed by atoms with Crippen LogP contribution < -0.4 is 10.6 Å². The molecule has 0 unspecified atom stereocenters. The summed E-state index contributed by atoms with van der Waals surface area (Å²) in [7, 11) is 0. The van der Waals surface area contributed by atoms with E-state index in [1.54, 1.807) is 43.3 Å². The maximum absolute atomic E-state index is 12.7. The highest BCUT2D eigenvalue weighted by Crippen LogP contribution is 2.30. The number of hydrogen-bond acceptors (Lipinski definition) is 5. The van der Waals surface area contributed by atoms with Crippen LogP contribution in [0.1, 0.15) is 30.6 Å². The second-order valence-corrected chi connectivity index (χ2v) is 8.64. The molecule has 180 valence electrons. The lowest BCUT2D eigenvalue weighted by molar-refractivity contribution is -0.131. The number of rotatable bonds is 7. The zero-order valence-electron chi connectivity index (χ0n) is 18.7. The highest BCUT2D eigenvalue weighted by Gasteiger charge is 2.31. The van der Waals surface area contributed by atoms with Gasteiger partial charge >= 0.3 is 6.18 Å². The van der Waals surface area contributed by atoms with Crippen molar-refractivity contribution in [2.24, 2.45) is 5.92 Å². The van der Waals surface area contributed by atoms with E-state index in [-0.39, 0.29) is 11.8 Å². The molecule has 1 saturated heterocycles. The number of anilines is 1. The summed E-state index contributed by atoms with van der Waals surface area (Å²) < 4.78 is 37.9. The molecule has 11 heteroatoms. The van der Waals surface area contributed by atoms with Crippen LogP contribution >= 0.6 is 0 Å². The molecule has 34 heavy (non-hydrogen) atoms. The molecule has 4 heterocycles. The Morgan fingerprint density at radius 3 is 2.59 bits per heavy atom. The molecule has 3 N–H and O–H groups in total. The Hall–Kier alpha value is -3.47. The lowest BCUT2D eigenvalue weighted by Gasteiger charge is -2.30. The van der Waals surface area contributed by atoms with Crippen molar-refractivity contribution in [3.05, 3.63) is 42.5 Å². The van der Waals surface area contributed by atoms with Crippen molar-refractivity contribution >= 4 is 28.5 Å². The Kier molecular flexibility index (Phi) is 6.56. The molecule has 0 bridgehead atoms. The quantitative estimate of drug-likeness (QED) is 0.486. The van der Waals surface area contributed by atoms with E-state index in [0.29, 0.717) is 22.5 Å². The van der Waals surface area contributed by atoms with Crippen molar-refractivity contribution < 1.29 is 22.8 Å². The predicted octanol–water partition coefficient (Wildman–Crippen LogP) is 3.59. The topological polar surface area (TPSA) is 103 Å². The number of fused-ring (bicyclic) bond motifs is 1. The van der Waals surface area contributed by atoms with E-state index in [0.717, 1.165) is 30.5 Å². The third-order valence-electron chi connectivity index (χ3n) is 5.71. The first-order valence-corrected chi connectivity index (χ1v) is 11.0. The molecule has 1 fully saturated rings. The lowest BCUT2D eigenvalue weighted by atomic mass is 10.0. The third kappa shape index (κ3) is 5.19. The molecule has 2 amide bonds. The molecule has 0 spiro atoms. The van der Waals surface area contributed by atoms with Gasteiger partial charge in [0.25, 0.3) is 5.91 Å². The number of alkyl halides is 3. The molecule has 0 radical (unpaired) electrons. The number of halogens is 3. The molecule has 3 aromatic heterocycles. The summed E-state index contributed by atoms with van der Waals surface area (Å²) in [6.07, 6.45) is 2.87. The van der Waals surface area contributed by atoms with E-state index in [1.165, 1.54) is 12.4 Å². The maximum atomic E-state index is 12.7. The van der Waals surface area contributed by atoms with E-state index in [1.807, 2.05) is 0 Å². The van der Waals surface area contributed by atoms with Gasteiger partial charge in [0.1, 0.15) is 5.65 Å². The largest absolute Gasteiger partial charge is 0.401 e. The molecular formula is C23H25F3N6O2. The molecule has 1 aliphatic heterocycles. The first-order valence-electron chi connectivity index (χ1n) is 11.0. The van der Waals surface area contributed by atoms with Gasteiger partial charge in [0, 0.05) is 48.2 Å². The standard InChI is InChI=1S/C23H25F3N6O2/c1-13(2)19(30-12-23(24,25)26)21(33)31-16-6-14(8-27-10-16)18-11-29-20-17(18)7-15(9-28-20)22(34)32-4-3-5-32/h6-11,13,19,30H,3-5,12H2,1-2H3,(H,28,29)(H,31,33)/t19-/m1/s1. The monoisotopic (exact) mass is 474 g/mol. The summed E-state index contributed by atoms with van der Waals surface area (Å²) in [5.74, 6) is -1.01. The highest BCUT2D eigenvalue weighted by molar-refractivity contribution is 6.02. The predicted molar refractivity (Wildman–Crippen MR) is 121 cm³/mol. The Balaban J connectivity index is 1.56. The van der Waals surface area contributed by atoms with Crippen LogP contribution in [0.3, 0.4) is 0 Å². The number of aromatic nitrogens is 3. The minimum absolute atomic E-state index is 0.0713. The molecule has 0 saturated carbocycles. The Labute approximate surface area is 194 Å². The van der Waals surface area contributed by atoms with Gasteiger partial charge in [-0.1, -0.05) is 13.8 Å². The number of aromatic amines is 1. The summed E-state index contributed by atoms with van der Waals surface area (Å²) in [5.41, 5.74) is 2.82. The smallest absolute Gasteiger partial charge is 0.346 e. The molecule has 0 aromatic carbocycles. The van der Waals surface area contributed by atoms with Crippen molar-refractivity contribution in [2.75, 3.05) is 25.0 Å². The summed E-state index contributed by atoms with van der Waals surface area (Å²) in [4.78, 5) is 38.6. The van der Waals surface area contributed by atoms with Crippen LogP contribution in [-0.2, 0) is 4.79 Å².